The van der Waals surface area contributed by atoms with E-state index in [1.807, 2.05) is 20.8 Å². The van der Waals surface area contributed by atoms with E-state index in [9.17, 15) is 9.59 Å². The summed E-state index contributed by atoms with van der Waals surface area (Å²) in [6.07, 6.45) is -0.148. The van der Waals surface area contributed by atoms with Gasteiger partial charge in [0.25, 0.3) is 0 Å². The zero-order valence-electron chi connectivity index (χ0n) is 11.7. The minimum absolute atomic E-state index is 0.149. The predicted octanol–water partition coefficient (Wildman–Crippen LogP) is 2.03. The molecule has 1 rings (SSSR count). The molecule has 5 nitrogen and oxygen atoms in total. The average molecular weight is 258 g/mol. The maximum atomic E-state index is 11.8. The summed E-state index contributed by atoms with van der Waals surface area (Å²) in [5.41, 5.74) is -1.33. The number of ether oxygens (including phenoxy) is 3. The van der Waals surface area contributed by atoms with Crippen molar-refractivity contribution in [3.8, 4) is 0 Å². The summed E-state index contributed by atoms with van der Waals surface area (Å²) in [4.78, 5) is 23.1. The fourth-order valence-electron chi connectivity index (χ4n) is 1.62. The van der Waals surface area contributed by atoms with Crippen LogP contribution in [-0.4, -0.2) is 30.4 Å². The van der Waals surface area contributed by atoms with Crippen LogP contribution in [-0.2, 0) is 23.8 Å². The van der Waals surface area contributed by atoms with Crippen LogP contribution in [0.1, 0.15) is 47.5 Å². The molecular weight excluding hydrogens is 236 g/mol. The highest BCUT2D eigenvalue weighted by Gasteiger charge is 2.50. The van der Waals surface area contributed by atoms with Gasteiger partial charge in [-0.25, -0.2) is 4.79 Å². The normalized spacial score (nSPS) is 28.1. The summed E-state index contributed by atoms with van der Waals surface area (Å²) in [7, 11) is 0. The van der Waals surface area contributed by atoms with E-state index in [1.54, 1.807) is 13.8 Å². The van der Waals surface area contributed by atoms with Gasteiger partial charge in [-0.05, 0) is 20.3 Å². The van der Waals surface area contributed by atoms with Gasteiger partial charge in [0.15, 0.2) is 5.60 Å². The monoisotopic (exact) mass is 258 g/mol. The Hall–Kier alpha value is -1.10. The van der Waals surface area contributed by atoms with Crippen LogP contribution in [0.5, 0.6) is 0 Å². The van der Waals surface area contributed by atoms with Crippen molar-refractivity contribution in [2.45, 2.75) is 59.4 Å². The standard InChI is InChI=1S/C13H22O5/c1-6-16-9(14)7-8-13(5)10(15)17-11(18-13)12(2,3)4/h11H,6-8H2,1-5H3/t11-,13-/m1/s1. The van der Waals surface area contributed by atoms with E-state index in [-0.39, 0.29) is 24.2 Å². The average Bonchev–Trinajstić information content (AvgIpc) is 2.54. The maximum Gasteiger partial charge on any atom is 0.340 e. The molecule has 0 unspecified atom stereocenters. The van der Waals surface area contributed by atoms with Crippen molar-refractivity contribution in [1.82, 2.24) is 0 Å². The van der Waals surface area contributed by atoms with Crippen molar-refractivity contribution in [1.29, 1.82) is 0 Å². The molecule has 1 heterocycles. The lowest BCUT2D eigenvalue weighted by Gasteiger charge is -2.26. The van der Waals surface area contributed by atoms with Crippen molar-refractivity contribution in [2.24, 2.45) is 5.41 Å². The Morgan fingerprint density at radius 1 is 1.44 bits per heavy atom. The second-order valence-corrected chi connectivity index (χ2v) is 5.76. The molecule has 0 amide bonds. The lowest BCUT2D eigenvalue weighted by atomic mass is 9.96. The SMILES string of the molecule is CCOC(=O)CC[C@@]1(C)O[C@H](C(C)(C)C)OC1=O. The van der Waals surface area contributed by atoms with E-state index in [0.717, 1.165) is 0 Å². The van der Waals surface area contributed by atoms with Crippen LogP contribution in [0.2, 0.25) is 0 Å². The van der Waals surface area contributed by atoms with Crippen LogP contribution in [0.3, 0.4) is 0 Å². The van der Waals surface area contributed by atoms with E-state index in [1.165, 1.54) is 0 Å². The Kier molecular flexibility index (Phi) is 4.37. The van der Waals surface area contributed by atoms with Gasteiger partial charge in [0.2, 0.25) is 6.29 Å². The van der Waals surface area contributed by atoms with Gasteiger partial charge in [0.05, 0.1) is 6.61 Å². The molecule has 104 valence electrons. The highest BCUT2D eigenvalue weighted by Crippen LogP contribution is 2.36. The third-order valence-electron chi connectivity index (χ3n) is 2.83. The van der Waals surface area contributed by atoms with Gasteiger partial charge in [-0.3, -0.25) is 4.79 Å². The molecule has 0 saturated carbocycles. The molecule has 0 radical (unpaired) electrons. The molecule has 1 aliphatic heterocycles. The van der Waals surface area contributed by atoms with Crippen LogP contribution in [0, 0.1) is 5.41 Å². The van der Waals surface area contributed by atoms with Gasteiger partial charge in [0.1, 0.15) is 0 Å². The number of hydrogen-bond acceptors (Lipinski definition) is 5. The first-order valence-corrected chi connectivity index (χ1v) is 6.23. The van der Waals surface area contributed by atoms with Crippen LogP contribution in [0.15, 0.2) is 0 Å². The molecule has 1 fully saturated rings. The molecule has 18 heavy (non-hydrogen) atoms. The van der Waals surface area contributed by atoms with Gasteiger partial charge < -0.3 is 14.2 Å². The van der Waals surface area contributed by atoms with Crippen molar-refractivity contribution in [3.63, 3.8) is 0 Å². The Morgan fingerprint density at radius 2 is 2.06 bits per heavy atom. The first-order valence-electron chi connectivity index (χ1n) is 6.23. The number of hydrogen-bond donors (Lipinski definition) is 0. The molecule has 0 aromatic carbocycles. The molecule has 2 atom stereocenters. The van der Waals surface area contributed by atoms with Gasteiger partial charge >= 0.3 is 11.9 Å². The van der Waals surface area contributed by atoms with E-state index in [2.05, 4.69) is 0 Å². The molecule has 1 saturated heterocycles. The van der Waals surface area contributed by atoms with E-state index < -0.39 is 17.9 Å². The number of cyclic esters (lactones) is 1. The molecule has 1 aliphatic rings. The first kappa shape index (κ1) is 15.0. The molecule has 0 aromatic heterocycles. The summed E-state index contributed by atoms with van der Waals surface area (Å²) in [6, 6.07) is 0. The predicted molar refractivity (Wildman–Crippen MR) is 64.7 cm³/mol. The fraction of sp³-hybridized carbons (Fsp3) is 0.846. The van der Waals surface area contributed by atoms with Crippen LogP contribution in [0.4, 0.5) is 0 Å². The number of carbonyl (C=O) groups excluding carboxylic acids is 2. The lowest BCUT2D eigenvalue weighted by Crippen LogP contribution is -2.35. The largest absolute Gasteiger partial charge is 0.466 e. The fourth-order valence-corrected chi connectivity index (χ4v) is 1.62. The van der Waals surface area contributed by atoms with E-state index in [4.69, 9.17) is 14.2 Å². The Balaban J connectivity index is 2.59. The maximum absolute atomic E-state index is 11.8. The Labute approximate surface area is 108 Å². The van der Waals surface area contributed by atoms with Crippen LogP contribution in [0.25, 0.3) is 0 Å². The van der Waals surface area contributed by atoms with Gasteiger partial charge in [0, 0.05) is 11.8 Å². The summed E-state index contributed by atoms with van der Waals surface area (Å²) in [5, 5.41) is 0. The quantitative estimate of drug-likeness (QED) is 0.722. The van der Waals surface area contributed by atoms with Crippen molar-refractivity contribution in [3.05, 3.63) is 0 Å². The summed E-state index contributed by atoms with van der Waals surface area (Å²) in [6.45, 7) is 9.54. The second kappa shape index (κ2) is 5.26. The molecule has 0 spiro atoms. The minimum atomic E-state index is -1.05. The van der Waals surface area contributed by atoms with Crippen molar-refractivity contribution in [2.75, 3.05) is 6.61 Å². The Bertz CT molecular complexity index is 331. The summed E-state index contributed by atoms with van der Waals surface area (Å²) >= 11 is 0. The number of rotatable bonds is 4. The first-order chi connectivity index (χ1) is 8.19. The van der Waals surface area contributed by atoms with Crippen molar-refractivity contribution < 1.29 is 23.8 Å². The van der Waals surface area contributed by atoms with Gasteiger partial charge in [-0.15, -0.1) is 0 Å². The number of carbonyl (C=O) groups is 2. The molecule has 5 heteroatoms. The Morgan fingerprint density at radius 3 is 2.50 bits per heavy atom. The minimum Gasteiger partial charge on any atom is -0.466 e. The molecule has 0 bridgehead atoms. The summed E-state index contributed by atoms with van der Waals surface area (Å²) < 4.78 is 15.7. The molecule has 0 aromatic rings. The third-order valence-corrected chi connectivity index (χ3v) is 2.83. The van der Waals surface area contributed by atoms with Gasteiger partial charge in [-0.2, -0.15) is 0 Å². The molecule has 0 N–H and O–H groups in total. The van der Waals surface area contributed by atoms with E-state index in [0.29, 0.717) is 6.61 Å². The second-order valence-electron chi connectivity index (χ2n) is 5.76. The topological polar surface area (TPSA) is 61.8 Å². The van der Waals surface area contributed by atoms with Crippen molar-refractivity contribution >= 4 is 11.9 Å². The third kappa shape index (κ3) is 3.45. The zero-order chi connectivity index (χ0) is 14.0. The van der Waals surface area contributed by atoms with Crippen LogP contribution >= 0.6 is 0 Å². The lowest BCUT2D eigenvalue weighted by molar-refractivity contribution is -0.156. The molecule has 0 aliphatic carbocycles. The summed E-state index contributed by atoms with van der Waals surface area (Å²) in [5.74, 6) is -0.735. The van der Waals surface area contributed by atoms with Crippen LogP contribution < -0.4 is 0 Å². The molecular formula is C13H22O5. The number of esters is 2. The van der Waals surface area contributed by atoms with E-state index >= 15 is 0 Å². The van der Waals surface area contributed by atoms with Gasteiger partial charge in [-0.1, -0.05) is 20.8 Å². The highest BCUT2D eigenvalue weighted by atomic mass is 16.8. The zero-order valence-corrected chi connectivity index (χ0v) is 11.7. The highest BCUT2D eigenvalue weighted by molar-refractivity contribution is 5.81. The smallest absolute Gasteiger partial charge is 0.340 e.